The first-order valence-corrected chi connectivity index (χ1v) is 7.56. The quantitative estimate of drug-likeness (QED) is 0.865. The number of hydrogen-bond acceptors (Lipinski definition) is 3. The normalized spacial score (nSPS) is 22.7. The first kappa shape index (κ1) is 13.1. The van der Waals surface area contributed by atoms with E-state index < -0.39 is 0 Å². The molecule has 22 heavy (non-hydrogen) atoms. The molecule has 2 atom stereocenters. The van der Waals surface area contributed by atoms with E-state index in [0.29, 0.717) is 6.54 Å². The molecule has 110 valence electrons. The predicted molar refractivity (Wildman–Crippen MR) is 85.7 cm³/mol. The summed E-state index contributed by atoms with van der Waals surface area (Å²) in [5.41, 5.74) is 2.72. The van der Waals surface area contributed by atoms with Gasteiger partial charge >= 0.3 is 0 Å². The molecule has 1 aliphatic heterocycles. The Labute approximate surface area is 129 Å². The van der Waals surface area contributed by atoms with Gasteiger partial charge < -0.3 is 10.2 Å². The van der Waals surface area contributed by atoms with Crippen molar-refractivity contribution in [2.45, 2.75) is 25.0 Å². The van der Waals surface area contributed by atoms with Crippen molar-refractivity contribution < 1.29 is 4.79 Å². The average Bonchev–Trinajstić information content (AvgIpc) is 2.97. The maximum absolute atomic E-state index is 12.5. The van der Waals surface area contributed by atoms with Gasteiger partial charge in [0.1, 0.15) is 0 Å². The number of carbonyl (C=O) groups is 1. The fourth-order valence-corrected chi connectivity index (χ4v) is 3.28. The lowest BCUT2D eigenvalue weighted by molar-refractivity contribution is 0.0941. The summed E-state index contributed by atoms with van der Waals surface area (Å²) in [7, 11) is 0. The highest BCUT2D eigenvalue weighted by Gasteiger charge is 2.35. The van der Waals surface area contributed by atoms with E-state index >= 15 is 0 Å². The zero-order chi connectivity index (χ0) is 14.9. The highest BCUT2D eigenvalue weighted by Crippen LogP contribution is 2.31. The number of amides is 1. The minimum absolute atomic E-state index is 0.0119. The summed E-state index contributed by atoms with van der Waals surface area (Å²) in [4.78, 5) is 19.2. The van der Waals surface area contributed by atoms with Gasteiger partial charge in [-0.2, -0.15) is 0 Å². The molecule has 0 saturated heterocycles. The van der Waals surface area contributed by atoms with Crippen LogP contribution >= 0.6 is 0 Å². The Balaban J connectivity index is 1.79. The van der Waals surface area contributed by atoms with E-state index in [1.54, 1.807) is 0 Å². The van der Waals surface area contributed by atoms with Gasteiger partial charge in [-0.05, 0) is 30.7 Å². The lowest BCUT2D eigenvalue weighted by Gasteiger charge is -2.32. The van der Waals surface area contributed by atoms with Gasteiger partial charge in [0.15, 0.2) is 0 Å². The second-order valence-corrected chi connectivity index (χ2v) is 5.70. The molecule has 0 unspecified atom stereocenters. The van der Waals surface area contributed by atoms with Crippen LogP contribution < -0.4 is 10.2 Å². The monoisotopic (exact) mass is 291 g/mol. The van der Waals surface area contributed by atoms with Crippen LogP contribution in [0.4, 0.5) is 5.69 Å². The molecule has 1 amide bonds. The molecule has 2 aromatic rings. The van der Waals surface area contributed by atoms with Crippen molar-refractivity contribution in [3.63, 3.8) is 0 Å². The van der Waals surface area contributed by atoms with Crippen molar-refractivity contribution in [1.82, 2.24) is 10.3 Å². The second kappa shape index (κ2) is 5.30. The molecule has 4 heteroatoms. The van der Waals surface area contributed by atoms with Gasteiger partial charge in [0.2, 0.25) is 0 Å². The summed E-state index contributed by atoms with van der Waals surface area (Å²) in [5.74, 6) is 0.0119. The molecular formula is C18H17N3O. The summed E-state index contributed by atoms with van der Waals surface area (Å²) < 4.78 is 0. The fourth-order valence-electron chi connectivity index (χ4n) is 3.28. The fraction of sp³-hybridized carbons (Fsp3) is 0.222. The molecule has 0 radical (unpaired) electrons. The molecule has 2 heterocycles. The number of anilines is 1. The lowest BCUT2D eigenvalue weighted by atomic mass is 10.1. The molecule has 1 aromatic heterocycles. The first-order chi connectivity index (χ1) is 10.8. The Kier molecular flexibility index (Phi) is 3.15. The highest BCUT2D eigenvalue weighted by molar-refractivity contribution is 6.01. The number of nitrogens with zero attached hydrogens (tertiary/aromatic N) is 2. The molecule has 1 aromatic carbocycles. The van der Waals surface area contributed by atoms with E-state index in [9.17, 15) is 4.79 Å². The second-order valence-electron chi connectivity index (χ2n) is 5.70. The minimum Gasteiger partial charge on any atom is -0.356 e. The van der Waals surface area contributed by atoms with Crippen molar-refractivity contribution in [1.29, 1.82) is 0 Å². The van der Waals surface area contributed by atoms with E-state index in [1.165, 1.54) is 0 Å². The largest absolute Gasteiger partial charge is 0.356 e. The third-order valence-corrected chi connectivity index (χ3v) is 4.33. The summed E-state index contributed by atoms with van der Waals surface area (Å²) in [6, 6.07) is 14.0. The Morgan fingerprint density at radius 2 is 2.05 bits per heavy atom. The van der Waals surface area contributed by atoms with E-state index in [-0.39, 0.29) is 18.0 Å². The Bertz CT molecular complexity index is 726. The molecule has 2 aliphatic rings. The third-order valence-electron chi connectivity index (χ3n) is 4.33. The first-order valence-electron chi connectivity index (χ1n) is 7.56. The number of pyridine rings is 1. The molecule has 0 saturated carbocycles. The zero-order valence-electron chi connectivity index (χ0n) is 12.1. The van der Waals surface area contributed by atoms with Crippen molar-refractivity contribution in [3.05, 3.63) is 72.1 Å². The van der Waals surface area contributed by atoms with Crippen LogP contribution in [0.15, 0.2) is 60.8 Å². The summed E-state index contributed by atoms with van der Waals surface area (Å²) in [6.07, 6.45) is 7.03. The van der Waals surface area contributed by atoms with Crippen LogP contribution in [0.2, 0.25) is 0 Å². The number of rotatable bonds is 2. The number of aromatic nitrogens is 1. The molecule has 4 nitrogen and oxygen atoms in total. The van der Waals surface area contributed by atoms with E-state index in [4.69, 9.17) is 0 Å². The van der Waals surface area contributed by atoms with Gasteiger partial charge in [-0.3, -0.25) is 9.78 Å². The molecule has 0 spiro atoms. The van der Waals surface area contributed by atoms with Crippen LogP contribution in [0.25, 0.3) is 0 Å². The van der Waals surface area contributed by atoms with Crippen LogP contribution in [0.1, 0.15) is 22.5 Å². The third kappa shape index (κ3) is 2.17. The zero-order valence-corrected chi connectivity index (χ0v) is 12.1. The van der Waals surface area contributed by atoms with Crippen LogP contribution in [-0.4, -0.2) is 23.0 Å². The number of nitrogens with one attached hydrogen (secondary N) is 1. The van der Waals surface area contributed by atoms with Gasteiger partial charge in [-0.15, -0.1) is 0 Å². The summed E-state index contributed by atoms with van der Waals surface area (Å²) >= 11 is 0. The van der Waals surface area contributed by atoms with E-state index in [1.807, 2.05) is 48.7 Å². The topological polar surface area (TPSA) is 45.2 Å². The summed E-state index contributed by atoms with van der Waals surface area (Å²) in [5, 5.41) is 3.15. The lowest BCUT2D eigenvalue weighted by Crippen LogP contribution is -2.45. The molecule has 0 bridgehead atoms. The maximum Gasteiger partial charge on any atom is 0.253 e. The van der Waals surface area contributed by atoms with Gasteiger partial charge in [0, 0.05) is 6.20 Å². The van der Waals surface area contributed by atoms with Gasteiger partial charge in [0.05, 0.1) is 35.6 Å². The molecule has 0 fully saturated rings. The SMILES string of the molecule is O=C1N[C@H]2CC=C[C@H]2N(Cc2ccccn2)c2ccccc21. The maximum atomic E-state index is 12.5. The highest BCUT2D eigenvalue weighted by atomic mass is 16.1. The van der Waals surface area contributed by atoms with Crippen LogP contribution in [0.5, 0.6) is 0 Å². The Morgan fingerprint density at radius 1 is 1.18 bits per heavy atom. The Morgan fingerprint density at radius 3 is 2.91 bits per heavy atom. The average molecular weight is 291 g/mol. The van der Waals surface area contributed by atoms with Gasteiger partial charge in [-0.1, -0.05) is 30.4 Å². The minimum atomic E-state index is 0.0119. The summed E-state index contributed by atoms with van der Waals surface area (Å²) in [6.45, 7) is 0.693. The number of fused-ring (bicyclic) bond motifs is 2. The van der Waals surface area contributed by atoms with Crippen molar-refractivity contribution in [3.8, 4) is 0 Å². The molecule has 1 aliphatic carbocycles. The standard InChI is InChI=1S/C18H17N3O/c22-18-14-7-1-2-9-16(14)21(12-13-6-3-4-11-19-13)17-10-5-8-15(17)20-18/h1-7,9-11,15,17H,8,12H2,(H,20,22)/t15-,17+/m0/s1. The number of benzene rings is 1. The van der Waals surface area contributed by atoms with Crippen molar-refractivity contribution >= 4 is 11.6 Å². The molecule has 1 N–H and O–H groups in total. The van der Waals surface area contributed by atoms with Gasteiger partial charge in [-0.25, -0.2) is 0 Å². The predicted octanol–water partition coefficient (Wildman–Crippen LogP) is 2.53. The van der Waals surface area contributed by atoms with E-state index in [0.717, 1.165) is 23.4 Å². The number of hydrogen-bond donors (Lipinski definition) is 1. The van der Waals surface area contributed by atoms with Gasteiger partial charge in [0.25, 0.3) is 5.91 Å². The number of carbonyl (C=O) groups excluding carboxylic acids is 1. The number of para-hydroxylation sites is 1. The van der Waals surface area contributed by atoms with Crippen molar-refractivity contribution in [2.24, 2.45) is 0 Å². The van der Waals surface area contributed by atoms with Crippen LogP contribution in [0.3, 0.4) is 0 Å². The van der Waals surface area contributed by atoms with Crippen LogP contribution in [-0.2, 0) is 6.54 Å². The smallest absolute Gasteiger partial charge is 0.253 e. The molecule has 4 rings (SSSR count). The van der Waals surface area contributed by atoms with Crippen LogP contribution in [0, 0.1) is 0 Å². The van der Waals surface area contributed by atoms with E-state index in [2.05, 4.69) is 27.4 Å². The van der Waals surface area contributed by atoms with Crippen molar-refractivity contribution in [2.75, 3.05) is 4.90 Å². The Hall–Kier alpha value is -2.62. The molecular weight excluding hydrogens is 274 g/mol.